The van der Waals surface area contributed by atoms with Crippen LogP contribution in [0.1, 0.15) is 26.2 Å². The van der Waals surface area contributed by atoms with Gasteiger partial charge in [0.1, 0.15) is 0 Å². The van der Waals surface area contributed by atoms with Gasteiger partial charge in [-0.1, -0.05) is 75.0 Å². The lowest BCUT2D eigenvalue weighted by atomic mass is 9.91. The van der Waals surface area contributed by atoms with Gasteiger partial charge < -0.3 is 0 Å². The fraction of sp³-hybridized carbons (Fsp3) is 0.619. The van der Waals surface area contributed by atoms with Gasteiger partial charge in [0.15, 0.2) is 0 Å². The van der Waals surface area contributed by atoms with Crippen LogP contribution in [0.5, 0.6) is 0 Å². The second kappa shape index (κ2) is 5.37. The zero-order valence-electron chi connectivity index (χ0n) is 14.3. The maximum Gasteiger partial charge on any atom is 0.0550 e. The topological polar surface area (TPSA) is 0 Å². The van der Waals surface area contributed by atoms with E-state index in [2.05, 4.69) is 68.6 Å². The molecule has 4 rings (SSSR count). The maximum absolute atomic E-state index is 2.72. The van der Waals surface area contributed by atoms with Crippen molar-refractivity contribution in [1.29, 1.82) is 0 Å². The van der Waals surface area contributed by atoms with Crippen molar-refractivity contribution >= 4 is 8.07 Å². The monoisotopic (exact) mass is 310 g/mol. The van der Waals surface area contributed by atoms with Crippen LogP contribution in [0, 0.1) is 29.6 Å². The molecule has 2 saturated carbocycles. The van der Waals surface area contributed by atoms with E-state index in [1.165, 1.54) is 19.3 Å². The third-order valence-electron chi connectivity index (χ3n) is 7.36. The van der Waals surface area contributed by atoms with Crippen LogP contribution in [0.15, 0.2) is 48.6 Å². The molecule has 22 heavy (non-hydrogen) atoms. The van der Waals surface area contributed by atoms with E-state index in [1.807, 2.05) is 0 Å². The Morgan fingerprint density at radius 3 is 2.18 bits per heavy atom. The van der Waals surface area contributed by atoms with Gasteiger partial charge in [0.2, 0.25) is 0 Å². The van der Waals surface area contributed by atoms with E-state index in [9.17, 15) is 0 Å². The van der Waals surface area contributed by atoms with Crippen molar-refractivity contribution in [3.63, 3.8) is 0 Å². The summed E-state index contributed by atoms with van der Waals surface area (Å²) in [5.41, 5.74) is 1.96. The first-order chi connectivity index (χ1) is 10.6. The van der Waals surface area contributed by atoms with E-state index >= 15 is 0 Å². The summed E-state index contributed by atoms with van der Waals surface area (Å²) in [5.74, 6) is 4.27. The van der Waals surface area contributed by atoms with Crippen molar-refractivity contribution in [1.82, 2.24) is 0 Å². The molecule has 0 aromatic rings. The first-order valence-electron chi connectivity index (χ1n) is 9.29. The first kappa shape index (κ1) is 14.7. The number of hydrogen-bond acceptors (Lipinski definition) is 0. The van der Waals surface area contributed by atoms with Crippen molar-refractivity contribution in [2.45, 2.75) is 50.4 Å². The number of allylic oxidation sites excluding steroid dienone is 8. The average Bonchev–Trinajstić information content (AvgIpc) is 3.07. The highest BCUT2D eigenvalue weighted by molar-refractivity contribution is 6.80. The van der Waals surface area contributed by atoms with Gasteiger partial charge in [-0.05, 0) is 53.5 Å². The molecule has 0 aromatic heterocycles. The largest absolute Gasteiger partial charge is 0.0808 e. The molecule has 0 spiro atoms. The molecular formula is C21H30Si. The Morgan fingerprint density at radius 2 is 1.41 bits per heavy atom. The predicted molar refractivity (Wildman–Crippen MR) is 98.5 cm³/mol. The maximum atomic E-state index is 2.72. The molecular weight excluding hydrogens is 280 g/mol. The van der Waals surface area contributed by atoms with Crippen LogP contribution in [0.3, 0.4) is 0 Å². The minimum absolute atomic E-state index is 0.829. The molecule has 4 aliphatic rings. The summed E-state index contributed by atoms with van der Waals surface area (Å²) in [7, 11) is -1.29. The van der Waals surface area contributed by atoms with Crippen molar-refractivity contribution in [2.24, 2.45) is 29.6 Å². The van der Waals surface area contributed by atoms with Gasteiger partial charge in [0.05, 0.1) is 8.07 Å². The second-order valence-corrected chi connectivity index (χ2v) is 13.8. The normalized spacial score (nSPS) is 46.0. The molecule has 118 valence electrons. The molecule has 1 heteroatoms. The Bertz CT molecular complexity index is 550. The highest BCUT2D eigenvalue weighted by atomic mass is 28.3. The van der Waals surface area contributed by atoms with E-state index in [0.717, 1.165) is 40.7 Å². The van der Waals surface area contributed by atoms with Crippen molar-refractivity contribution < 1.29 is 0 Å². The van der Waals surface area contributed by atoms with E-state index in [4.69, 9.17) is 0 Å². The van der Waals surface area contributed by atoms with E-state index in [-0.39, 0.29) is 0 Å². The molecule has 0 N–H and O–H groups in total. The van der Waals surface area contributed by atoms with Gasteiger partial charge in [-0.15, -0.1) is 0 Å². The first-order valence-corrected chi connectivity index (χ1v) is 12.4. The van der Waals surface area contributed by atoms with Gasteiger partial charge in [-0.25, -0.2) is 0 Å². The van der Waals surface area contributed by atoms with Crippen LogP contribution in [0.4, 0.5) is 0 Å². The van der Waals surface area contributed by atoms with E-state index in [1.54, 1.807) is 0 Å². The third-order valence-corrected chi connectivity index (χ3v) is 12.6. The fourth-order valence-electron chi connectivity index (χ4n) is 6.55. The van der Waals surface area contributed by atoms with Crippen LogP contribution in [0.2, 0.25) is 24.2 Å². The Hall–Kier alpha value is -0.823. The summed E-state index contributed by atoms with van der Waals surface area (Å²) in [4.78, 5) is 0. The molecule has 0 aromatic carbocycles. The minimum atomic E-state index is -1.29. The molecule has 0 bridgehead atoms. The number of hydrogen-bond donors (Lipinski definition) is 0. The molecule has 0 nitrogen and oxygen atoms in total. The summed E-state index contributed by atoms with van der Waals surface area (Å²) in [6.07, 6.45) is 23.6. The summed E-state index contributed by atoms with van der Waals surface area (Å²) >= 11 is 0. The summed E-state index contributed by atoms with van der Waals surface area (Å²) in [5, 5.41) is 0. The predicted octanol–water partition coefficient (Wildman–Crippen LogP) is 5.99. The molecule has 0 saturated heterocycles. The van der Waals surface area contributed by atoms with Crippen LogP contribution in [-0.4, -0.2) is 8.07 Å². The zero-order chi connectivity index (χ0) is 15.3. The van der Waals surface area contributed by atoms with Crippen molar-refractivity contribution in [3.05, 3.63) is 48.6 Å². The minimum Gasteiger partial charge on any atom is -0.0808 e. The zero-order valence-corrected chi connectivity index (χ0v) is 15.3. The third kappa shape index (κ3) is 2.16. The summed E-state index contributed by atoms with van der Waals surface area (Å²) in [6, 6.07) is 0. The van der Waals surface area contributed by atoms with E-state index in [0.29, 0.717) is 0 Å². The van der Waals surface area contributed by atoms with Gasteiger partial charge in [0, 0.05) is 0 Å². The Kier molecular flexibility index (Phi) is 3.60. The van der Waals surface area contributed by atoms with Crippen LogP contribution in [-0.2, 0) is 0 Å². The van der Waals surface area contributed by atoms with E-state index < -0.39 is 8.07 Å². The quantitative estimate of drug-likeness (QED) is 0.550. The van der Waals surface area contributed by atoms with Gasteiger partial charge in [0.25, 0.3) is 0 Å². The molecule has 2 fully saturated rings. The lowest BCUT2D eigenvalue weighted by Crippen LogP contribution is -2.44. The Balaban J connectivity index is 1.63. The smallest absolute Gasteiger partial charge is 0.0550 e. The summed E-state index contributed by atoms with van der Waals surface area (Å²) in [6.45, 7) is 7.99. The highest BCUT2D eigenvalue weighted by Gasteiger charge is 2.54. The van der Waals surface area contributed by atoms with Gasteiger partial charge in [-0.2, -0.15) is 0 Å². The second-order valence-electron chi connectivity index (χ2n) is 8.77. The Morgan fingerprint density at radius 1 is 0.773 bits per heavy atom. The fourth-order valence-corrected chi connectivity index (χ4v) is 12.3. The molecule has 5 unspecified atom stereocenters. The van der Waals surface area contributed by atoms with Crippen LogP contribution < -0.4 is 0 Å². The van der Waals surface area contributed by atoms with Gasteiger partial charge in [-0.3, -0.25) is 0 Å². The Labute approximate surface area is 137 Å². The van der Waals surface area contributed by atoms with Crippen LogP contribution >= 0.6 is 0 Å². The molecule has 4 aliphatic carbocycles. The standard InChI is InChI=1S/C21H30Si/c1-15-14-17-9-5-7-11-19(17)21(15)22(2,3)20-13-12-16-8-4-6-10-18(16)20/h4-11,15-21H,12-14H2,1-3H3/t15?,16?,17?,18?,19?,20-,21-/m0/s1. The number of rotatable bonds is 2. The van der Waals surface area contributed by atoms with Crippen LogP contribution in [0.25, 0.3) is 0 Å². The number of fused-ring (bicyclic) bond motifs is 2. The summed E-state index contributed by atoms with van der Waals surface area (Å²) < 4.78 is 0. The molecule has 0 amide bonds. The molecule has 0 radical (unpaired) electrons. The average molecular weight is 311 g/mol. The SMILES string of the molecule is CC1CC2C=CC=CC2[C@H]1[Si](C)(C)[C@H]1CCC2C=CC=CC21. The molecule has 0 heterocycles. The lowest BCUT2D eigenvalue weighted by molar-refractivity contribution is 0.506. The lowest BCUT2D eigenvalue weighted by Gasteiger charge is -2.44. The van der Waals surface area contributed by atoms with Crippen molar-refractivity contribution in [3.8, 4) is 0 Å². The van der Waals surface area contributed by atoms with Crippen molar-refractivity contribution in [2.75, 3.05) is 0 Å². The molecule has 7 atom stereocenters. The van der Waals surface area contributed by atoms with Gasteiger partial charge >= 0.3 is 0 Å². The highest BCUT2D eigenvalue weighted by Crippen LogP contribution is 2.60. The molecule has 0 aliphatic heterocycles.